The second-order valence-corrected chi connectivity index (χ2v) is 6.82. The van der Waals surface area contributed by atoms with Crippen molar-refractivity contribution in [1.29, 1.82) is 0 Å². The molecule has 0 saturated carbocycles. The fraction of sp³-hybridized carbons (Fsp3) is 0.273. The molecule has 0 bridgehead atoms. The zero-order valence-electron chi connectivity index (χ0n) is 15.7. The van der Waals surface area contributed by atoms with Crippen LogP contribution in [0.25, 0.3) is 5.57 Å². The summed E-state index contributed by atoms with van der Waals surface area (Å²) >= 11 is 0. The summed E-state index contributed by atoms with van der Waals surface area (Å²) in [5.74, 6) is -1.32. The second-order valence-electron chi connectivity index (χ2n) is 6.82. The van der Waals surface area contributed by atoms with Crippen LogP contribution in [0, 0.1) is 5.82 Å². The van der Waals surface area contributed by atoms with Crippen LogP contribution in [-0.4, -0.2) is 48.1 Å². The zero-order chi connectivity index (χ0) is 20.1. The van der Waals surface area contributed by atoms with E-state index in [0.717, 1.165) is 23.1 Å². The molecule has 1 heterocycles. The maximum absolute atomic E-state index is 13.0. The van der Waals surface area contributed by atoms with Gasteiger partial charge in [-0.2, -0.15) is 0 Å². The number of benzene rings is 2. The minimum atomic E-state index is -0.868. The van der Waals surface area contributed by atoms with Crippen LogP contribution in [0.3, 0.4) is 0 Å². The molecule has 0 radical (unpaired) electrons. The van der Waals surface area contributed by atoms with E-state index in [-0.39, 0.29) is 11.7 Å². The molecule has 1 atom stereocenters. The van der Waals surface area contributed by atoms with Crippen LogP contribution in [-0.2, 0) is 11.2 Å². The maximum atomic E-state index is 13.0. The van der Waals surface area contributed by atoms with Crippen LogP contribution in [0.2, 0.25) is 0 Å². The highest BCUT2D eigenvalue weighted by molar-refractivity contribution is 5.94. The van der Waals surface area contributed by atoms with Crippen molar-refractivity contribution in [3.05, 3.63) is 77.1 Å². The van der Waals surface area contributed by atoms with Crippen LogP contribution in [0.4, 0.5) is 4.39 Å². The van der Waals surface area contributed by atoms with Crippen molar-refractivity contribution in [3.63, 3.8) is 0 Å². The minimum absolute atomic E-state index is 0.0996. The summed E-state index contributed by atoms with van der Waals surface area (Å²) in [6.45, 7) is 1.11. The predicted molar refractivity (Wildman–Crippen MR) is 106 cm³/mol. The Labute approximate surface area is 163 Å². The van der Waals surface area contributed by atoms with E-state index in [1.54, 1.807) is 11.9 Å². The van der Waals surface area contributed by atoms with Crippen molar-refractivity contribution in [2.45, 2.75) is 18.9 Å². The Balaban J connectivity index is 1.63. The van der Waals surface area contributed by atoms with Gasteiger partial charge < -0.3 is 15.3 Å². The number of aliphatic carboxylic acids is 1. The minimum Gasteiger partial charge on any atom is -0.480 e. The fourth-order valence-corrected chi connectivity index (χ4v) is 3.29. The van der Waals surface area contributed by atoms with Gasteiger partial charge in [-0.15, -0.1) is 0 Å². The van der Waals surface area contributed by atoms with Crippen molar-refractivity contribution >= 4 is 17.4 Å². The van der Waals surface area contributed by atoms with Crippen molar-refractivity contribution < 1.29 is 19.1 Å². The van der Waals surface area contributed by atoms with Gasteiger partial charge in [0.2, 0.25) is 0 Å². The molecule has 0 unspecified atom stereocenters. The Morgan fingerprint density at radius 3 is 2.36 bits per heavy atom. The average molecular weight is 382 g/mol. The maximum Gasteiger partial charge on any atom is 0.321 e. The lowest BCUT2D eigenvalue weighted by Gasteiger charge is -2.27. The van der Waals surface area contributed by atoms with Gasteiger partial charge in [-0.25, -0.2) is 4.39 Å². The Hall–Kier alpha value is -2.99. The van der Waals surface area contributed by atoms with Gasteiger partial charge in [-0.3, -0.25) is 9.59 Å². The highest BCUT2D eigenvalue weighted by Crippen LogP contribution is 2.24. The van der Waals surface area contributed by atoms with Gasteiger partial charge in [0, 0.05) is 18.7 Å². The van der Waals surface area contributed by atoms with Crippen molar-refractivity contribution in [2.75, 3.05) is 20.1 Å². The summed E-state index contributed by atoms with van der Waals surface area (Å²) in [6, 6.07) is 12.9. The van der Waals surface area contributed by atoms with E-state index in [4.69, 9.17) is 5.11 Å². The molecule has 28 heavy (non-hydrogen) atoms. The molecule has 2 N–H and O–H groups in total. The van der Waals surface area contributed by atoms with E-state index < -0.39 is 12.0 Å². The molecule has 1 amide bonds. The van der Waals surface area contributed by atoms with E-state index >= 15 is 0 Å². The van der Waals surface area contributed by atoms with Crippen LogP contribution in [0.5, 0.6) is 0 Å². The summed E-state index contributed by atoms with van der Waals surface area (Å²) in [7, 11) is 1.64. The van der Waals surface area contributed by atoms with Crippen LogP contribution >= 0.6 is 0 Å². The van der Waals surface area contributed by atoms with Gasteiger partial charge in [0.05, 0.1) is 0 Å². The van der Waals surface area contributed by atoms with Crippen LogP contribution in [0.1, 0.15) is 27.9 Å². The Morgan fingerprint density at radius 2 is 1.82 bits per heavy atom. The molecule has 5 nitrogen and oxygen atoms in total. The number of carboxylic acid groups (broad SMARTS) is 1. The SMILES string of the molecule is CN[C@@H](Cc1ccc(C2=CCN(C(=O)c3ccc(F)cc3)CC2)cc1)C(=O)O. The largest absolute Gasteiger partial charge is 0.480 e. The van der Waals surface area contributed by atoms with Crippen LogP contribution in [0.15, 0.2) is 54.6 Å². The highest BCUT2D eigenvalue weighted by Gasteiger charge is 2.20. The van der Waals surface area contributed by atoms with Gasteiger partial charge in [0.25, 0.3) is 5.91 Å². The van der Waals surface area contributed by atoms with Gasteiger partial charge >= 0.3 is 5.97 Å². The number of carbonyl (C=O) groups excluding carboxylic acids is 1. The number of rotatable bonds is 6. The molecule has 0 aliphatic carbocycles. The normalized spacial score (nSPS) is 15.1. The molecule has 1 aliphatic heterocycles. The summed E-state index contributed by atoms with van der Waals surface area (Å²) in [6.07, 6.45) is 3.19. The molecule has 0 spiro atoms. The third-order valence-corrected chi connectivity index (χ3v) is 5.00. The zero-order valence-corrected chi connectivity index (χ0v) is 15.7. The lowest BCUT2D eigenvalue weighted by atomic mass is 9.96. The van der Waals surface area contributed by atoms with Gasteiger partial charge in [-0.05, 0) is 60.9 Å². The smallest absolute Gasteiger partial charge is 0.321 e. The van der Waals surface area contributed by atoms with Crippen LogP contribution < -0.4 is 5.32 Å². The number of amides is 1. The number of hydrogen-bond acceptors (Lipinski definition) is 3. The standard InChI is InChI=1S/C22H23FN2O3/c1-24-20(22(27)28)14-15-2-4-16(5-3-15)17-10-12-25(13-11-17)21(26)18-6-8-19(23)9-7-18/h2-10,20,24H,11-14H2,1H3,(H,27,28)/t20-/m0/s1. The second kappa shape index (κ2) is 8.80. The third kappa shape index (κ3) is 4.64. The Bertz CT molecular complexity index is 876. The average Bonchev–Trinajstić information content (AvgIpc) is 2.72. The molecule has 146 valence electrons. The first kappa shape index (κ1) is 19.8. The molecule has 1 aliphatic rings. The molecule has 0 fully saturated rings. The van der Waals surface area contributed by atoms with Gasteiger partial charge in [-0.1, -0.05) is 30.3 Å². The molecule has 2 aromatic rings. The molecular formula is C22H23FN2O3. The quantitative estimate of drug-likeness (QED) is 0.806. The molecular weight excluding hydrogens is 359 g/mol. The molecule has 2 aromatic carbocycles. The Morgan fingerprint density at radius 1 is 1.14 bits per heavy atom. The van der Waals surface area contributed by atoms with Crippen molar-refractivity contribution in [2.24, 2.45) is 0 Å². The first-order valence-corrected chi connectivity index (χ1v) is 9.21. The monoisotopic (exact) mass is 382 g/mol. The lowest BCUT2D eigenvalue weighted by molar-refractivity contribution is -0.139. The van der Waals surface area contributed by atoms with Gasteiger partial charge in [0.15, 0.2) is 0 Å². The molecule has 3 rings (SSSR count). The number of halogens is 1. The van der Waals surface area contributed by atoms with E-state index in [9.17, 15) is 14.0 Å². The number of carbonyl (C=O) groups is 2. The summed E-state index contributed by atoms with van der Waals surface area (Å²) in [4.78, 5) is 25.4. The first-order valence-electron chi connectivity index (χ1n) is 9.21. The van der Waals surface area contributed by atoms with E-state index in [2.05, 4.69) is 5.32 Å². The highest BCUT2D eigenvalue weighted by atomic mass is 19.1. The topological polar surface area (TPSA) is 69.6 Å². The third-order valence-electron chi connectivity index (χ3n) is 5.00. The number of nitrogens with one attached hydrogen (secondary N) is 1. The first-order chi connectivity index (χ1) is 13.5. The molecule has 0 saturated heterocycles. The molecule has 0 aromatic heterocycles. The van der Waals surface area contributed by atoms with Gasteiger partial charge in [0.1, 0.15) is 11.9 Å². The number of hydrogen-bond donors (Lipinski definition) is 2. The lowest BCUT2D eigenvalue weighted by Crippen LogP contribution is -2.35. The number of nitrogens with zero attached hydrogens (tertiary/aromatic N) is 1. The Kier molecular flexibility index (Phi) is 6.21. The predicted octanol–water partition coefficient (Wildman–Crippen LogP) is 2.97. The summed E-state index contributed by atoms with van der Waals surface area (Å²) in [5.41, 5.74) is 3.68. The van der Waals surface area contributed by atoms with E-state index in [1.165, 1.54) is 24.3 Å². The summed E-state index contributed by atoms with van der Waals surface area (Å²) in [5, 5.41) is 11.9. The van der Waals surface area contributed by atoms with E-state index in [0.29, 0.717) is 25.1 Å². The van der Waals surface area contributed by atoms with Crippen molar-refractivity contribution in [3.8, 4) is 0 Å². The number of carboxylic acids is 1. The van der Waals surface area contributed by atoms with E-state index in [1.807, 2.05) is 30.3 Å². The number of likely N-dealkylation sites (N-methyl/N-ethyl adjacent to an activating group) is 1. The van der Waals surface area contributed by atoms with Crippen molar-refractivity contribution in [1.82, 2.24) is 10.2 Å². The summed E-state index contributed by atoms with van der Waals surface area (Å²) < 4.78 is 13.0. The molecule has 6 heteroatoms. The fourth-order valence-electron chi connectivity index (χ4n) is 3.29.